The van der Waals surface area contributed by atoms with Gasteiger partial charge in [0.25, 0.3) is 0 Å². The summed E-state index contributed by atoms with van der Waals surface area (Å²) in [4.78, 5) is 0. The monoisotopic (exact) mass is 278 g/mol. The molecule has 0 amide bonds. The van der Waals surface area contributed by atoms with Crippen molar-refractivity contribution in [1.82, 2.24) is 9.78 Å². The largest absolute Gasteiger partial charge is 0.383 e. The molecule has 102 valence electrons. The normalized spacial score (nSPS) is 14.3. The number of rotatable bonds is 5. The predicted octanol–water partition coefficient (Wildman–Crippen LogP) is 3.40. The third kappa shape index (κ3) is 3.17. The molecule has 0 radical (unpaired) electrons. The summed E-state index contributed by atoms with van der Waals surface area (Å²) in [5.74, 6) is 0. The van der Waals surface area contributed by atoms with Crippen molar-refractivity contribution < 1.29 is 5.11 Å². The van der Waals surface area contributed by atoms with Gasteiger partial charge in [-0.15, -0.1) is 0 Å². The number of nitrogens with zero attached hydrogens (tertiary/aromatic N) is 2. The Morgan fingerprint density at radius 2 is 2.00 bits per heavy atom. The van der Waals surface area contributed by atoms with E-state index in [1.165, 1.54) is 0 Å². The fourth-order valence-corrected chi connectivity index (χ4v) is 2.70. The van der Waals surface area contributed by atoms with Gasteiger partial charge in [0.15, 0.2) is 0 Å². The SMILES string of the molecule is CCCn1ncc(Cl)c1C(C)(O)Cc1ccccc1. The van der Waals surface area contributed by atoms with E-state index in [1.54, 1.807) is 17.8 Å². The van der Waals surface area contributed by atoms with Crippen molar-refractivity contribution in [1.29, 1.82) is 0 Å². The zero-order valence-corrected chi connectivity index (χ0v) is 12.1. The summed E-state index contributed by atoms with van der Waals surface area (Å²) < 4.78 is 1.80. The van der Waals surface area contributed by atoms with Crippen LogP contribution in [0.5, 0.6) is 0 Å². The highest BCUT2D eigenvalue weighted by Gasteiger charge is 2.30. The van der Waals surface area contributed by atoms with Gasteiger partial charge in [0.2, 0.25) is 0 Å². The molecule has 3 nitrogen and oxygen atoms in total. The molecule has 1 aromatic carbocycles. The fraction of sp³-hybridized carbons (Fsp3) is 0.400. The summed E-state index contributed by atoms with van der Waals surface area (Å²) in [5, 5.41) is 15.5. The summed E-state index contributed by atoms with van der Waals surface area (Å²) in [6.45, 7) is 4.62. The molecule has 0 aliphatic rings. The first-order valence-corrected chi connectivity index (χ1v) is 6.90. The maximum atomic E-state index is 10.8. The van der Waals surface area contributed by atoms with Gasteiger partial charge in [-0.05, 0) is 18.9 Å². The van der Waals surface area contributed by atoms with Crippen molar-refractivity contribution in [2.24, 2.45) is 0 Å². The molecule has 0 saturated carbocycles. The molecule has 1 heterocycles. The second-order valence-corrected chi connectivity index (χ2v) is 5.41. The number of aryl methyl sites for hydroxylation is 1. The Labute approximate surface area is 118 Å². The van der Waals surface area contributed by atoms with Crippen molar-refractivity contribution >= 4 is 11.6 Å². The minimum absolute atomic E-state index is 0.517. The average molecular weight is 279 g/mol. The molecule has 1 unspecified atom stereocenters. The molecule has 0 fully saturated rings. The van der Waals surface area contributed by atoms with Gasteiger partial charge < -0.3 is 5.11 Å². The first-order valence-electron chi connectivity index (χ1n) is 6.52. The minimum atomic E-state index is -1.02. The Kier molecular flexibility index (Phi) is 4.27. The van der Waals surface area contributed by atoms with Gasteiger partial charge in [0.05, 0.1) is 16.9 Å². The van der Waals surface area contributed by atoms with Gasteiger partial charge in [-0.3, -0.25) is 4.68 Å². The van der Waals surface area contributed by atoms with E-state index in [4.69, 9.17) is 11.6 Å². The van der Waals surface area contributed by atoms with Crippen LogP contribution < -0.4 is 0 Å². The van der Waals surface area contributed by atoms with E-state index in [9.17, 15) is 5.11 Å². The van der Waals surface area contributed by atoms with Crippen LogP contribution >= 0.6 is 11.6 Å². The fourth-order valence-electron chi connectivity index (χ4n) is 2.36. The lowest BCUT2D eigenvalue weighted by molar-refractivity contribution is 0.0478. The molecular weight excluding hydrogens is 260 g/mol. The van der Waals surface area contributed by atoms with E-state index in [1.807, 2.05) is 30.3 Å². The summed E-state index contributed by atoms with van der Waals surface area (Å²) in [7, 11) is 0. The Morgan fingerprint density at radius 3 is 2.63 bits per heavy atom. The van der Waals surface area contributed by atoms with Crippen molar-refractivity contribution in [3.8, 4) is 0 Å². The molecule has 1 N–H and O–H groups in total. The van der Waals surface area contributed by atoms with Crippen LogP contribution in [0.25, 0.3) is 0 Å². The topological polar surface area (TPSA) is 38.0 Å². The second-order valence-electron chi connectivity index (χ2n) is 5.00. The van der Waals surface area contributed by atoms with Gasteiger partial charge in [-0.1, -0.05) is 48.9 Å². The predicted molar refractivity (Wildman–Crippen MR) is 77.2 cm³/mol. The van der Waals surface area contributed by atoms with E-state index in [2.05, 4.69) is 12.0 Å². The third-order valence-electron chi connectivity index (χ3n) is 3.13. The third-order valence-corrected chi connectivity index (χ3v) is 3.41. The Bertz CT molecular complexity index is 534. The highest BCUT2D eigenvalue weighted by molar-refractivity contribution is 6.31. The number of aromatic nitrogens is 2. The molecule has 2 rings (SSSR count). The van der Waals surface area contributed by atoms with Crippen molar-refractivity contribution in [3.63, 3.8) is 0 Å². The maximum Gasteiger partial charge on any atom is 0.109 e. The number of halogens is 1. The molecule has 0 aliphatic carbocycles. The van der Waals surface area contributed by atoms with E-state index in [0.29, 0.717) is 17.1 Å². The lowest BCUT2D eigenvalue weighted by atomic mass is 9.93. The summed E-state index contributed by atoms with van der Waals surface area (Å²) >= 11 is 6.19. The van der Waals surface area contributed by atoms with Crippen LogP contribution in [-0.4, -0.2) is 14.9 Å². The first kappa shape index (κ1) is 14.1. The van der Waals surface area contributed by atoms with E-state index < -0.39 is 5.60 Å². The van der Waals surface area contributed by atoms with Gasteiger partial charge in [-0.25, -0.2) is 0 Å². The van der Waals surface area contributed by atoms with Crippen LogP contribution in [0.2, 0.25) is 5.02 Å². The number of hydrogen-bond acceptors (Lipinski definition) is 2. The van der Waals surface area contributed by atoms with E-state index in [0.717, 1.165) is 18.5 Å². The van der Waals surface area contributed by atoms with Crippen LogP contribution in [-0.2, 0) is 18.6 Å². The summed E-state index contributed by atoms with van der Waals surface area (Å²) in [6.07, 6.45) is 3.07. The first-order chi connectivity index (χ1) is 9.04. The van der Waals surface area contributed by atoms with E-state index >= 15 is 0 Å². The Morgan fingerprint density at radius 1 is 1.32 bits per heavy atom. The summed E-state index contributed by atoms with van der Waals surface area (Å²) in [5.41, 5.74) is 0.747. The van der Waals surface area contributed by atoms with Crippen molar-refractivity contribution in [2.45, 2.75) is 38.8 Å². The summed E-state index contributed by atoms with van der Waals surface area (Å²) in [6, 6.07) is 9.91. The standard InChI is InChI=1S/C15H19ClN2O/c1-3-9-18-14(13(16)11-17-18)15(2,19)10-12-7-5-4-6-8-12/h4-8,11,19H,3,9-10H2,1-2H3. The Hall–Kier alpha value is -1.32. The van der Waals surface area contributed by atoms with Gasteiger partial charge in [0, 0.05) is 13.0 Å². The second kappa shape index (κ2) is 5.76. The van der Waals surface area contributed by atoms with Gasteiger partial charge in [0.1, 0.15) is 5.60 Å². The Balaban J connectivity index is 2.31. The van der Waals surface area contributed by atoms with Crippen molar-refractivity contribution in [3.05, 3.63) is 52.8 Å². The number of aliphatic hydroxyl groups is 1. The van der Waals surface area contributed by atoms with Crippen LogP contribution in [0.15, 0.2) is 36.5 Å². The van der Waals surface area contributed by atoms with Gasteiger partial charge >= 0.3 is 0 Å². The molecule has 1 aromatic heterocycles. The zero-order chi connectivity index (χ0) is 13.9. The van der Waals surface area contributed by atoms with Crippen LogP contribution in [0.1, 0.15) is 31.5 Å². The quantitative estimate of drug-likeness (QED) is 0.910. The van der Waals surface area contributed by atoms with Crippen molar-refractivity contribution in [2.75, 3.05) is 0 Å². The molecule has 0 bridgehead atoms. The minimum Gasteiger partial charge on any atom is -0.383 e. The lowest BCUT2D eigenvalue weighted by Gasteiger charge is -2.25. The highest BCUT2D eigenvalue weighted by Crippen LogP contribution is 2.31. The molecular formula is C15H19ClN2O. The molecule has 4 heteroatoms. The lowest BCUT2D eigenvalue weighted by Crippen LogP contribution is -2.28. The molecule has 2 aromatic rings. The molecule has 0 aliphatic heterocycles. The molecule has 0 spiro atoms. The van der Waals surface area contributed by atoms with Crippen LogP contribution in [0.4, 0.5) is 0 Å². The van der Waals surface area contributed by atoms with E-state index in [-0.39, 0.29) is 0 Å². The molecule has 19 heavy (non-hydrogen) atoms. The smallest absolute Gasteiger partial charge is 0.109 e. The number of hydrogen-bond donors (Lipinski definition) is 1. The average Bonchev–Trinajstić information content (AvgIpc) is 2.72. The maximum absolute atomic E-state index is 10.8. The van der Waals surface area contributed by atoms with Crippen LogP contribution in [0.3, 0.4) is 0 Å². The van der Waals surface area contributed by atoms with Crippen LogP contribution in [0, 0.1) is 0 Å². The number of benzene rings is 1. The molecule has 0 saturated heterocycles. The molecule has 1 atom stereocenters. The highest BCUT2D eigenvalue weighted by atomic mass is 35.5. The zero-order valence-electron chi connectivity index (χ0n) is 11.3. The van der Waals surface area contributed by atoms with Gasteiger partial charge in [-0.2, -0.15) is 5.10 Å².